The number of carbonyl (C=O) groups is 1. The number of carbonyl (C=O) groups excluding carboxylic acids is 1. The Balaban J connectivity index is 1.73. The van der Waals surface area contributed by atoms with E-state index in [4.69, 9.17) is 10.5 Å². The normalized spacial score (nSPS) is 15.1. The number of hydrogen-bond acceptors (Lipinski definition) is 3. The second-order valence-corrected chi connectivity index (χ2v) is 8.26. The monoisotopic (exact) mass is 405 g/mol. The number of rotatable bonds is 5. The molecule has 4 rings (SSSR count). The van der Waals surface area contributed by atoms with Gasteiger partial charge < -0.3 is 19.9 Å². The van der Waals surface area contributed by atoms with Crippen LogP contribution in [0, 0.1) is 0 Å². The Hall–Kier alpha value is -2.95. The molecule has 0 spiro atoms. The van der Waals surface area contributed by atoms with Gasteiger partial charge in [-0.2, -0.15) is 0 Å². The van der Waals surface area contributed by atoms with Crippen molar-refractivity contribution in [1.29, 1.82) is 0 Å². The number of aryl methyl sites for hydroxylation is 1. The molecule has 5 heteroatoms. The second-order valence-electron chi connectivity index (χ2n) is 8.26. The number of aromatic nitrogens is 1. The van der Waals surface area contributed by atoms with Gasteiger partial charge in [0.25, 0.3) is 0 Å². The molecular formula is C25H31N3O2. The molecule has 1 aromatic heterocycles. The van der Waals surface area contributed by atoms with Crippen molar-refractivity contribution in [2.75, 3.05) is 17.2 Å². The van der Waals surface area contributed by atoms with Crippen molar-refractivity contribution in [3.05, 3.63) is 42.5 Å². The van der Waals surface area contributed by atoms with Gasteiger partial charge >= 0.3 is 0 Å². The highest BCUT2D eigenvalue weighted by molar-refractivity contribution is 6.01. The summed E-state index contributed by atoms with van der Waals surface area (Å²) in [5.74, 6) is 1.08. The third-order valence-electron chi connectivity index (χ3n) is 5.79. The summed E-state index contributed by atoms with van der Waals surface area (Å²) >= 11 is 0. The van der Waals surface area contributed by atoms with Crippen LogP contribution in [0.2, 0.25) is 0 Å². The summed E-state index contributed by atoms with van der Waals surface area (Å²) in [7, 11) is 0. The molecule has 0 saturated carbocycles. The van der Waals surface area contributed by atoms with Gasteiger partial charge in [-0.3, -0.25) is 4.79 Å². The van der Waals surface area contributed by atoms with Gasteiger partial charge in [0.1, 0.15) is 5.75 Å². The van der Waals surface area contributed by atoms with E-state index in [1.165, 1.54) is 0 Å². The zero-order chi connectivity index (χ0) is 21.3. The van der Waals surface area contributed by atoms with Crippen LogP contribution in [-0.4, -0.2) is 23.1 Å². The molecule has 0 unspecified atom stereocenters. The molecule has 0 bridgehead atoms. The Kier molecular flexibility index (Phi) is 5.71. The highest BCUT2D eigenvalue weighted by atomic mass is 16.5. The molecule has 1 saturated heterocycles. The number of amides is 1. The Labute approximate surface area is 178 Å². The molecule has 2 aromatic carbocycles. The topological polar surface area (TPSA) is 60.5 Å². The molecule has 2 heterocycles. The van der Waals surface area contributed by atoms with Gasteiger partial charge in [0.05, 0.1) is 23.0 Å². The smallest absolute Gasteiger partial charge is 0.226 e. The van der Waals surface area contributed by atoms with Gasteiger partial charge in [-0.05, 0) is 57.9 Å². The summed E-state index contributed by atoms with van der Waals surface area (Å²) < 4.78 is 8.13. The molecule has 1 fully saturated rings. The van der Waals surface area contributed by atoms with Crippen molar-refractivity contribution >= 4 is 28.2 Å². The Morgan fingerprint density at radius 1 is 1.07 bits per heavy atom. The van der Waals surface area contributed by atoms with Gasteiger partial charge in [0.15, 0.2) is 0 Å². The lowest BCUT2D eigenvalue weighted by molar-refractivity contribution is -0.118. The third-order valence-corrected chi connectivity index (χ3v) is 5.79. The summed E-state index contributed by atoms with van der Waals surface area (Å²) in [5, 5.41) is 1.04. The van der Waals surface area contributed by atoms with E-state index in [9.17, 15) is 4.79 Å². The van der Waals surface area contributed by atoms with Crippen LogP contribution >= 0.6 is 0 Å². The number of hydrogen-bond donors (Lipinski definition) is 1. The van der Waals surface area contributed by atoms with Crippen LogP contribution in [0.4, 0.5) is 11.4 Å². The minimum Gasteiger partial charge on any atom is -0.491 e. The molecule has 0 radical (unpaired) electrons. The summed E-state index contributed by atoms with van der Waals surface area (Å²) in [6, 6.07) is 14.3. The van der Waals surface area contributed by atoms with Gasteiger partial charge in [0, 0.05) is 42.2 Å². The standard InChI is InChI=1S/C25H31N3O2/c1-4-27-22-16-20(30-17(2)3)13-14-21(22)24(26)25(27)18-9-11-19(12-10-18)28-15-7-5-6-8-23(28)29/h9-14,16-17H,4-8,15,26H2,1-3H3. The molecule has 2 N–H and O–H groups in total. The Bertz CT molecular complexity index is 1050. The molecule has 1 aliphatic rings. The van der Waals surface area contributed by atoms with Crippen LogP contribution in [0.3, 0.4) is 0 Å². The summed E-state index contributed by atoms with van der Waals surface area (Å²) in [6.45, 7) is 7.79. The van der Waals surface area contributed by atoms with Crippen LogP contribution in [0.15, 0.2) is 42.5 Å². The average molecular weight is 406 g/mol. The highest BCUT2D eigenvalue weighted by Gasteiger charge is 2.20. The van der Waals surface area contributed by atoms with E-state index in [1.807, 2.05) is 43.0 Å². The van der Waals surface area contributed by atoms with E-state index in [2.05, 4.69) is 29.7 Å². The maximum absolute atomic E-state index is 12.4. The number of nitrogens with two attached hydrogens (primary N) is 1. The van der Waals surface area contributed by atoms with Gasteiger partial charge in [-0.1, -0.05) is 18.6 Å². The molecule has 5 nitrogen and oxygen atoms in total. The fraction of sp³-hybridized carbons (Fsp3) is 0.400. The van der Waals surface area contributed by atoms with Crippen molar-refractivity contribution in [2.45, 2.75) is 59.1 Å². The summed E-state index contributed by atoms with van der Waals surface area (Å²) in [6.07, 6.45) is 3.93. The van der Waals surface area contributed by atoms with Crippen molar-refractivity contribution in [3.63, 3.8) is 0 Å². The van der Waals surface area contributed by atoms with Crippen LogP contribution in [0.25, 0.3) is 22.2 Å². The van der Waals surface area contributed by atoms with Crippen LogP contribution < -0.4 is 15.4 Å². The number of fused-ring (bicyclic) bond motifs is 1. The quantitative estimate of drug-likeness (QED) is 0.601. The average Bonchev–Trinajstić information content (AvgIpc) is 2.85. The van der Waals surface area contributed by atoms with E-state index in [0.717, 1.165) is 71.6 Å². The van der Waals surface area contributed by atoms with Crippen molar-refractivity contribution in [2.24, 2.45) is 0 Å². The van der Waals surface area contributed by atoms with Crippen LogP contribution in [-0.2, 0) is 11.3 Å². The lowest BCUT2D eigenvalue weighted by atomic mass is 10.1. The van der Waals surface area contributed by atoms with Gasteiger partial charge in [-0.25, -0.2) is 0 Å². The fourth-order valence-electron chi connectivity index (χ4n) is 4.40. The second kappa shape index (κ2) is 8.42. The highest BCUT2D eigenvalue weighted by Crippen LogP contribution is 2.38. The molecule has 1 aliphatic heterocycles. The van der Waals surface area contributed by atoms with E-state index in [-0.39, 0.29) is 12.0 Å². The zero-order valence-electron chi connectivity index (χ0n) is 18.1. The molecule has 3 aromatic rings. The molecular weight excluding hydrogens is 374 g/mol. The molecule has 1 amide bonds. The molecule has 0 aliphatic carbocycles. The SMILES string of the molecule is CCn1c(-c2ccc(N3CCCCCC3=O)cc2)c(N)c2ccc(OC(C)C)cc21. The molecule has 158 valence electrons. The first-order chi connectivity index (χ1) is 14.5. The summed E-state index contributed by atoms with van der Waals surface area (Å²) in [4.78, 5) is 14.4. The predicted molar refractivity (Wildman–Crippen MR) is 124 cm³/mol. The van der Waals surface area contributed by atoms with Gasteiger partial charge in [0.2, 0.25) is 5.91 Å². The lowest BCUT2D eigenvalue weighted by Gasteiger charge is -2.21. The number of nitrogen functional groups attached to an aromatic ring is 1. The van der Waals surface area contributed by atoms with E-state index < -0.39 is 0 Å². The van der Waals surface area contributed by atoms with Crippen molar-refractivity contribution < 1.29 is 9.53 Å². The Morgan fingerprint density at radius 3 is 2.53 bits per heavy atom. The maximum atomic E-state index is 12.4. The minimum absolute atomic E-state index is 0.124. The van der Waals surface area contributed by atoms with Crippen LogP contribution in [0.1, 0.15) is 46.5 Å². The van der Waals surface area contributed by atoms with E-state index in [1.54, 1.807) is 0 Å². The largest absolute Gasteiger partial charge is 0.491 e. The molecule has 0 atom stereocenters. The van der Waals surface area contributed by atoms with Crippen LogP contribution in [0.5, 0.6) is 5.75 Å². The summed E-state index contributed by atoms with van der Waals surface area (Å²) in [5.41, 5.74) is 11.5. The first-order valence-electron chi connectivity index (χ1n) is 11.0. The number of ether oxygens (including phenoxy) is 1. The zero-order valence-corrected chi connectivity index (χ0v) is 18.1. The molecule has 30 heavy (non-hydrogen) atoms. The maximum Gasteiger partial charge on any atom is 0.226 e. The third kappa shape index (κ3) is 3.76. The fourth-order valence-corrected chi connectivity index (χ4v) is 4.40. The Morgan fingerprint density at radius 2 is 1.83 bits per heavy atom. The lowest BCUT2D eigenvalue weighted by Crippen LogP contribution is -2.29. The number of nitrogens with zero attached hydrogens (tertiary/aromatic N) is 2. The van der Waals surface area contributed by atoms with E-state index >= 15 is 0 Å². The van der Waals surface area contributed by atoms with Crippen molar-refractivity contribution in [3.8, 4) is 17.0 Å². The van der Waals surface area contributed by atoms with Crippen molar-refractivity contribution in [1.82, 2.24) is 4.57 Å². The van der Waals surface area contributed by atoms with E-state index in [0.29, 0.717) is 6.42 Å². The van der Waals surface area contributed by atoms with Gasteiger partial charge in [-0.15, -0.1) is 0 Å². The predicted octanol–water partition coefficient (Wildman–Crippen LogP) is 5.60. The number of benzene rings is 2. The minimum atomic E-state index is 0.124. The first kappa shape index (κ1) is 20.3. The first-order valence-corrected chi connectivity index (χ1v) is 11.0. The number of anilines is 2.